The van der Waals surface area contributed by atoms with Gasteiger partial charge in [-0.05, 0) is 108 Å². The van der Waals surface area contributed by atoms with E-state index in [1.807, 2.05) is 49.7 Å². The fourth-order valence-electron chi connectivity index (χ4n) is 7.04. The van der Waals surface area contributed by atoms with E-state index < -0.39 is 5.60 Å². The zero-order chi connectivity index (χ0) is 33.8. The smallest absolute Gasteiger partial charge is 0.410 e. The van der Waals surface area contributed by atoms with Crippen LogP contribution in [-0.4, -0.2) is 74.1 Å². The number of piperidine rings is 1. The summed E-state index contributed by atoms with van der Waals surface area (Å²) >= 11 is 0. The molecule has 4 aromatic rings. The molecule has 11 nitrogen and oxygen atoms in total. The standard InChI is InChI=1S/C38H44N6O5/c1-37(2,3)49-36(46)43-17-16-38(14-15-38)31(23-43)48-32-22-39-21-29(41-32)34-28-20-25(10-13-30(28)44(42-34)33-9-4-5-18-47-33)24-7-6-8-26(19-24)35(45)40-27-11-12-27/h6-8,10,13,19-22,27,31,33H,4-5,9,11-12,14-18,23H2,1-3H3,(H,40,45)/t31-,33?/m0/s1. The largest absolute Gasteiger partial charge is 0.471 e. The number of hydrogen-bond acceptors (Lipinski definition) is 8. The van der Waals surface area contributed by atoms with Crippen LogP contribution in [0.2, 0.25) is 0 Å². The number of nitrogens with one attached hydrogen (secondary N) is 1. The van der Waals surface area contributed by atoms with Crippen molar-refractivity contribution in [3.8, 4) is 28.4 Å². The van der Waals surface area contributed by atoms with Gasteiger partial charge in [-0.15, -0.1) is 0 Å². The minimum absolute atomic E-state index is 0.0411. The van der Waals surface area contributed by atoms with E-state index in [0.717, 1.165) is 73.4 Å². The number of hydrogen-bond donors (Lipinski definition) is 1. The number of likely N-dealkylation sites (tertiary alicyclic amines) is 1. The van der Waals surface area contributed by atoms with E-state index >= 15 is 0 Å². The molecule has 1 unspecified atom stereocenters. The van der Waals surface area contributed by atoms with Crippen LogP contribution in [-0.2, 0) is 9.47 Å². The highest BCUT2D eigenvalue weighted by Gasteiger charge is 2.54. The summed E-state index contributed by atoms with van der Waals surface area (Å²) in [7, 11) is 0. The Kier molecular flexibility index (Phi) is 8.05. The van der Waals surface area contributed by atoms with E-state index in [9.17, 15) is 9.59 Å². The summed E-state index contributed by atoms with van der Waals surface area (Å²) in [4.78, 5) is 37.0. The molecule has 256 valence electrons. The van der Waals surface area contributed by atoms with Crippen molar-refractivity contribution in [1.82, 2.24) is 30.0 Å². The highest BCUT2D eigenvalue weighted by Crippen LogP contribution is 2.55. The van der Waals surface area contributed by atoms with Crippen molar-refractivity contribution in [2.75, 3.05) is 19.7 Å². The molecule has 2 aromatic carbocycles. The van der Waals surface area contributed by atoms with Crippen molar-refractivity contribution in [3.05, 3.63) is 60.4 Å². The lowest BCUT2D eigenvalue weighted by Crippen LogP contribution is -2.51. The molecule has 2 atom stereocenters. The number of rotatable bonds is 7. The predicted octanol–water partition coefficient (Wildman–Crippen LogP) is 6.92. The maximum atomic E-state index is 12.9. The number of fused-ring (bicyclic) bond motifs is 1. The summed E-state index contributed by atoms with van der Waals surface area (Å²) < 4.78 is 20.4. The summed E-state index contributed by atoms with van der Waals surface area (Å²) in [5, 5.41) is 9.11. The SMILES string of the molecule is CC(C)(C)OC(=O)N1CCC2(CC2)[C@@H](Oc2cncc(-c3nn(C4CCCCO4)c4ccc(-c5cccc(C(=O)NC6CC6)c5)cc34)n2)C1. The van der Waals surface area contributed by atoms with Crippen LogP contribution in [0.15, 0.2) is 54.9 Å². The van der Waals surface area contributed by atoms with Crippen LogP contribution in [0, 0.1) is 5.41 Å². The lowest BCUT2D eigenvalue weighted by Gasteiger charge is -2.39. The van der Waals surface area contributed by atoms with Crippen molar-refractivity contribution in [1.29, 1.82) is 0 Å². The second kappa shape index (κ2) is 12.4. The molecule has 2 aliphatic heterocycles. The summed E-state index contributed by atoms with van der Waals surface area (Å²) in [5.74, 6) is 0.364. The molecule has 1 N–H and O–H groups in total. The van der Waals surface area contributed by atoms with E-state index in [2.05, 4.69) is 28.5 Å². The molecule has 49 heavy (non-hydrogen) atoms. The summed E-state index contributed by atoms with van der Waals surface area (Å²) in [6.45, 7) is 7.44. The molecule has 4 aliphatic rings. The van der Waals surface area contributed by atoms with Crippen LogP contribution in [0.25, 0.3) is 33.4 Å². The quantitative estimate of drug-likeness (QED) is 0.226. The Morgan fingerprint density at radius 1 is 1.00 bits per heavy atom. The van der Waals surface area contributed by atoms with Crippen LogP contribution in [0.4, 0.5) is 4.79 Å². The molecule has 2 aromatic heterocycles. The highest BCUT2D eigenvalue weighted by atomic mass is 16.6. The van der Waals surface area contributed by atoms with Gasteiger partial charge in [0.15, 0.2) is 6.23 Å². The number of aromatic nitrogens is 4. The highest BCUT2D eigenvalue weighted by molar-refractivity contribution is 5.98. The fraction of sp³-hybridized carbons (Fsp3) is 0.500. The normalized spacial score (nSPS) is 21.8. The Morgan fingerprint density at radius 2 is 1.84 bits per heavy atom. The number of amides is 2. The first kappa shape index (κ1) is 31.7. The maximum absolute atomic E-state index is 12.9. The Morgan fingerprint density at radius 3 is 2.59 bits per heavy atom. The van der Waals surface area contributed by atoms with Gasteiger partial charge in [-0.1, -0.05) is 18.2 Å². The van der Waals surface area contributed by atoms with E-state index in [1.54, 1.807) is 17.3 Å². The van der Waals surface area contributed by atoms with Gasteiger partial charge in [0.05, 0.1) is 24.5 Å². The van der Waals surface area contributed by atoms with Crippen LogP contribution < -0.4 is 10.1 Å². The molecule has 0 bridgehead atoms. The van der Waals surface area contributed by atoms with Gasteiger partial charge in [0, 0.05) is 35.6 Å². The van der Waals surface area contributed by atoms with E-state index in [-0.39, 0.29) is 29.7 Å². The summed E-state index contributed by atoms with van der Waals surface area (Å²) in [5.41, 5.74) is 4.27. The van der Waals surface area contributed by atoms with Gasteiger partial charge in [0.1, 0.15) is 23.1 Å². The van der Waals surface area contributed by atoms with Gasteiger partial charge in [-0.2, -0.15) is 5.10 Å². The van der Waals surface area contributed by atoms with Crippen molar-refractivity contribution >= 4 is 22.9 Å². The number of nitrogens with zero attached hydrogens (tertiary/aromatic N) is 5. The Hall–Kier alpha value is -4.51. The van der Waals surface area contributed by atoms with Crippen LogP contribution in [0.1, 0.15) is 88.7 Å². The number of carbonyl (C=O) groups is 2. The van der Waals surface area contributed by atoms with Crippen molar-refractivity contribution < 1.29 is 23.8 Å². The van der Waals surface area contributed by atoms with Gasteiger partial charge in [-0.3, -0.25) is 9.78 Å². The van der Waals surface area contributed by atoms with Gasteiger partial charge in [0.25, 0.3) is 5.91 Å². The monoisotopic (exact) mass is 664 g/mol. The molecule has 2 aliphatic carbocycles. The third-order valence-electron chi connectivity index (χ3n) is 10.1. The lowest BCUT2D eigenvalue weighted by atomic mass is 9.90. The fourth-order valence-corrected chi connectivity index (χ4v) is 7.04. The molecular formula is C38H44N6O5. The molecule has 8 rings (SSSR count). The minimum atomic E-state index is -0.565. The van der Waals surface area contributed by atoms with E-state index in [0.29, 0.717) is 48.6 Å². The Labute approximate surface area is 286 Å². The molecule has 4 fully saturated rings. The van der Waals surface area contributed by atoms with Crippen molar-refractivity contribution in [3.63, 3.8) is 0 Å². The predicted molar refractivity (Wildman–Crippen MR) is 184 cm³/mol. The Bertz CT molecular complexity index is 1880. The zero-order valence-corrected chi connectivity index (χ0v) is 28.5. The third-order valence-corrected chi connectivity index (χ3v) is 10.1. The molecule has 11 heteroatoms. The molecule has 2 saturated carbocycles. The van der Waals surface area contributed by atoms with E-state index in [4.69, 9.17) is 24.3 Å². The van der Waals surface area contributed by atoms with Gasteiger partial charge in [0.2, 0.25) is 5.88 Å². The first-order valence-electron chi connectivity index (χ1n) is 17.7. The van der Waals surface area contributed by atoms with Crippen molar-refractivity contribution in [2.24, 2.45) is 5.41 Å². The average molecular weight is 665 g/mol. The lowest BCUT2D eigenvalue weighted by molar-refractivity contribution is -0.0365. The minimum Gasteiger partial charge on any atom is -0.471 e. The molecular weight excluding hydrogens is 620 g/mol. The first-order chi connectivity index (χ1) is 23.6. The van der Waals surface area contributed by atoms with Crippen LogP contribution >= 0.6 is 0 Å². The molecule has 1 spiro atoms. The molecule has 2 saturated heterocycles. The average Bonchev–Trinajstić information content (AvgIpc) is 4.04. The molecule has 4 heterocycles. The number of carbonyl (C=O) groups excluding carboxylic acids is 2. The maximum Gasteiger partial charge on any atom is 0.410 e. The van der Waals surface area contributed by atoms with Crippen molar-refractivity contribution in [2.45, 2.75) is 96.1 Å². The van der Waals surface area contributed by atoms with Crippen LogP contribution in [0.3, 0.4) is 0 Å². The third kappa shape index (κ3) is 6.73. The molecule has 2 amide bonds. The number of benzene rings is 2. The Balaban J connectivity index is 1.12. The second-order valence-electron chi connectivity index (χ2n) is 15.1. The van der Waals surface area contributed by atoms with Gasteiger partial charge >= 0.3 is 6.09 Å². The number of ether oxygens (including phenoxy) is 3. The summed E-state index contributed by atoms with van der Waals surface area (Å²) in [6.07, 6.45) is 10.7. The van der Waals surface area contributed by atoms with Gasteiger partial charge < -0.3 is 24.4 Å². The second-order valence-corrected chi connectivity index (χ2v) is 15.1. The van der Waals surface area contributed by atoms with Gasteiger partial charge in [-0.25, -0.2) is 14.5 Å². The zero-order valence-electron chi connectivity index (χ0n) is 28.5. The summed E-state index contributed by atoms with van der Waals surface area (Å²) in [6, 6.07) is 14.3. The topological polar surface area (TPSA) is 121 Å². The molecule has 0 radical (unpaired) electrons. The van der Waals surface area contributed by atoms with E-state index in [1.165, 1.54) is 0 Å². The first-order valence-corrected chi connectivity index (χ1v) is 17.7. The van der Waals surface area contributed by atoms with Crippen LogP contribution in [0.5, 0.6) is 5.88 Å².